The van der Waals surface area contributed by atoms with Crippen LogP contribution in [0.25, 0.3) is 0 Å². The third-order valence-corrected chi connectivity index (χ3v) is 5.63. The zero-order valence-electron chi connectivity index (χ0n) is 12.5. The van der Waals surface area contributed by atoms with Crippen LogP contribution in [0, 0.1) is 0 Å². The predicted octanol–water partition coefficient (Wildman–Crippen LogP) is 2.09. The van der Waals surface area contributed by atoms with E-state index in [0.29, 0.717) is 16.9 Å². The van der Waals surface area contributed by atoms with Gasteiger partial charge in [0.1, 0.15) is 0 Å². The molecule has 5 nitrogen and oxygen atoms in total. The quantitative estimate of drug-likeness (QED) is 0.925. The second kappa shape index (κ2) is 5.42. The molecule has 116 valence electrons. The van der Waals surface area contributed by atoms with E-state index in [9.17, 15) is 13.2 Å². The third kappa shape index (κ3) is 3.27. The lowest BCUT2D eigenvalue weighted by atomic mass is 9.95. The summed E-state index contributed by atoms with van der Waals surface area (Å²) in [7, 11) is -3.26. The van der Waals surface area contributed by atoms with Crippen LogP contribution in [0.4, 0.5) is 0 Å². The number of aliphatic carboxylic acids is 1. The Hall–Kier alpha value is -1.40. The summed E-state index contributed by atoms with van der Waals surface area (Å²) in [5, 5.41) is 9.17. The second-order valence-electron chi connectivity index (χ2n) is 6.35. The lowest BCUT2D eigenvalue weighted by Gasteiger charge is -2.42. The first-order chi connectivity index (χ1) is 9.63. The molecule has 0 saturated heterocycles. The number of hydrogen-bond donors (Lipinski definition) is 1. The summed E-state index contributed by atoms with van der Waals surface area (Å²) < 4.78 is 24.4. The summed E-state index contributed by atoms with van der Waals surface area (Å²) in [6.45, 7) is 5.73. The maximum absolute atomic E-state index is 12.2. The van der Waals surface area contributed by atoms with Gasteiger partial charge < -0.3 is 5.11 Å². The Morgan fingerprint density at radius 3 is 2.52 bits per heavy atom. The third-order valence-electron chi connectivity index (χ3n) is 3.82. The fraction of sp³-hybridized carbons (Fsp3) is 0.533. The molecular weight excluding hydrogens is 290 g/mol. The summed E-state index contributed by atoms with van der Waals surface area (Å²) in [6, 6.07) is 6.71. The molecule has 0 fully saturated rings. The number of fused-ring (bicyclic) bond motifs is 1. The predicted molar refractivity (Wildman–Crippen MR) is 79.9 cm³/mol. The minimum Gasteiger partial charge on any atom is -0.480 e. The van der Waals surface area contributed by atoms with Crippen LogP contribution >= 0.6 is 0 Å². The minimum atomic E-state index is -3.26. The lowest BCUT2D eigenvalue weighted by molar-refractivity contribution is -0.140. The molecule has 21 heavy (non-hydrogen) atoms. The second-order valence-corrected chi connectivity index (χ2v) is 8.43. The first-order valence-corrected chi connectivity index (χ1v) is 8.58. The number of carboxylic acids is 1. The van der Waals surface area contributed by atoms with E-state index in [2.05, 4.69) is 0 Å². The monoisotopic (exact) mass is 311 g/mol. The molecule has 1 aliphatic rings. The molecule has 6 heteroatoms. The molecule has 1 aromatic carbocycles. The van der Waals surface area contributed by atoms with Gasteiger partial charge in [0.25, 0.3) is 0 Å². The first kappa shape index (κ1) is 16.0. The molecule has 1 N–H and O–H groups in total. The molecule has 0 radical (unpaired) electrons. The number of sulfone groups is 1. The number of carbonyl (C=O) groups is 1. The molecule has 1 aromatic rings. The Morgan fingerprint density at radius 2 is 1.95 bits per heavy atom. The Morgan fingerprint density at radius 1 is 1.33 bits per heavy atom. The van der Waals surface area contributed by atoms with Gasteiger partial charge in [0, 0.05) is 11.6 Å². The number of hydrogen-bond acceptors (Lipinski definition) is 4. The van der Waals surface area contributed by atoms with Crippen molar-refractivity contribution in [2.45, 2.75) is 43.7 Å². The molecule has 0 amide bonds. The number of nitrogens with zero attached hydrogens (tertiary/aromatic N) is 1. The molecule has 1 heterocycles. The average Bonchev–Trinajstić information content (AvgIpc) is 2.36. The number of carboxylic acid groups (broad SMARTS) is 1. The molecule has 0 aliphatic carbocycles. The van der Waals surface area contributed by atoms with Crippen molar-refractivity contribution in [2.24, 2.45) is 0 Å². The van der Waals surface area contributed by atoms with Crippen LogP contribution in [0.15, 0.2) is 29.2 Å². The van der Waals surface area contributed by atoms with Crippen LogP contribution < -0.4 is 0 Å². The zero-order valence-corrected chi connectivity index (χ0v) is 13.4. The zero-order chi connectivity index (χ0) is 15.8. The first-order valence-electron chi connectivity index (χ1n) is 6.93. The summed E-state index contributed by atoms with van der Waals surface area (Å²) in [5.41, 5.74) is 0.344. The SMILES string of the molecule is CC(C)(C)N(CC(=O)O)C1CCS(=O)(=O)c2ccccc21. The molecule has 0 bridgehead atoms. The van der Waals surface area contributed by atoms with Crippen LogP contribution in [0.2, 0.25) is 0 Å². The summed E-state index contributed by atoms with van der Waals surface area (Å²) in [6.07, 6.45) is 0.421. The van der Waals surface area contributed by atoms with E-state index >= 15 is 0 Å². The summed E-state index contributed by atoms with van der Waals surface area (Å²) >= 11 is 0. The van der Waals surface area contributed by atoms with E-state index in [1.165, 1.54) is 0 Å². The van der Waals surface area contributed by atoms with Crippen LogP contribution in [-0.2, 0) is 14.6 Å². The van der Waals surface area contributed by atoms with E-state index in [-0.39, 0.29) is 23.9 Å². The Kier molecular flexibility index (Phi) is 4.13. The van der Waals surface area contributed by atoms with Crippen molar-refractivity contribution in [3.05, 3.63) is 29.8 Å². The average molecular weight is 311 g/mol. The van der Waals surface area contributed by atoms with Crippen LogP contribution in [-0.4, -0.2) is 42.2 Å². The largest absolute Gasteiger partial charge is 0.480 e. The normalized spacial score (nSPS) is 21.0. The maximum Gasteiger partial charge on any atom is 0.317 e. The van der Waals surface area contributed by atoms with Crippen molar-refractivity contribution in [1.82, 2.24) is 4.90 Å². The van der Waals surface area contributed by atoms with E-state index in [4.69, 9.17) is 5.11 Å². The highest BCUT2D eigenvalue weighted by molar-refractivity contribution is 7.91. The molecule has 1 aliphatic heterocycles. The Labute approximate surface area is 125 Å². The van der Waals surface area contributed by atoms with Crippen molar-refractivity contribution >= 4 is 15.8 Å². The summed E-state index contributed by atoms with van der Waals surface area (Å²) in [5.74, 6) is -0.850. The van der Waals surface area contributed by atoms with E-state index < -0.39 is 15.8 Å². The van der Waals surface area contributed by atoms with Gasteiger partial charge in [-0.25, -0.2) is 8.42 Å². The van der Waals surface area contributed by atoms with Gasteiger partial charge in [0.15, 0.2) is 9.84 Å². The fourth-order valence-corrected chi connectivity index (χ4v) is 4.46. The van der Waals surface area contributed by atoms with Gasteiger partial charge in [-0.05, 0) is 38.8 Å². The Balaban J connectivity index is 2.51. The van der Waals surface area contributed by atoms with E-state index in [1.54, 1.807) is 24.3 Å². The molecule has 1 unspecified atom stereocenters. The highest BCUT2D eigenvalue weighted by Gasteiger charge is 2.38. The minimum absolute atomic E-state index is 0.0564. The van der Waals surface area contributed by atoms with Crippen molar-refractivity contribution in [1.29, 1.82) is 0 Å². The fourth-order valence-electron chi connectivity index (χ4n) is 2.86. The molecule has 2 rings (SSSR count). The highest BCUT2D eigenvalue weighted by atomic mass is 32.2. The van der Waals surface area contributed by atoms with E-state index in [0.717, 1.165) is 0 Å². The van der Waals surface area contributed by atoms with Crippen molar-refractivity contribution in [3.63, 3.8) is 0 Å². The highest BCUT2D eigenvalue weighted by Crippen LogP contribution is 2.38. The van der Waals surface area contributed by atoms with Crippen LogP contribution in [0.5, 0.6) is 0 Å². The molecule has 0 saturated carbocycles. The topological polar surface area (TPSA) is 74.7 Å². The maximum atomic E-state index is 12.2. The van der Waals surface area contributed by atoms with Gasteiger partial charge >= 0.3 is 5.97 Å². The van der Waals surface area contributed by atoms with Crippen LogP contribution in [0.3, 0.4) is 0 Å². The van der Waals surface area contributed by atoms with Gasteiger partial charge in [0.2, 0.25) is 0 Å². The molecule has 1 atom stereocenters. The molecule has 0 spiro atoms. The van der Waals surface area contributed by atoms with Gasteiger partial charge in [0.05, 0.1) is 17.2 Å². The Bertz CT molecular complexity index is 646. The molecular formula is C15H21NO4S. The lowest BCUT2D eigenvalue weighted by Crippen LogP contribution is -2.48. The van der Waals surface area contributed by atoms with Crippen molar-refractivity contribution < 1.29 is 18.3 Å². The molecule has 0 aromatic heterocycles. The van der Waals surface area contributed by atoms with Gasteiger partial charge in [-0.3, -0.25) is 9.69 Å². The standard InChI is InChI=1S/C15H21NO4S/c1-15(2,3)16(10-14(17)18)12-8-9-21(19,20)13-7-5-4-6-11(12)13/h4-7,12H,8-10H2,1-3H3,(H,17,18). The van der Waals surface area contributed by atoms with Crippen LogP contribution in [0.1, 0.15) is 38.8 Å². The number of rotatable bonds is 3. The van der Waals surface area contributed by atoms with Crippen molar-refractivity contribution in [3.8, 4) is 0 Å². The smallest absolute Gasteiger partial charge is 0.317 e. The number of benzene rings is 1. The summed E-state index contributed by atoms with van der Waals surface area (Å²) in [4.78, 5) is 13.4. The van der Waals surface area contributed by atoms with Gasteiger partial charge in [-0.15, -0.1) is 0 Å². The van der Waals surface area contributed by atoms with Gasteiger partial charge in [-0.1, -0.05) is 18.2 Å². The van der Waals surface area contributed by atoms with Crippen molar-refractivity contribution in [2.75, 3.05) is 12.3 Å². The van der Waals surface area contributed by atoms with E-state index in [1.807, 2.05) is 25.7 Å². The van der Waals surface area contributed by atoms with Gasteiger partial charge in [-0.2, -0.15) is 0 Å².